The van der Waals surface area contributed by atoms with E-state index in [0.29, 0.717) is 11.3 Å². The van der Waals surface area contributed by atoms with Crippen molar-refractivity contribution in [3.8, 4) is 5.75 Å². The molecule has 0 saturated carbocycles. The van der Waals surface area contributed by atoms with E-state index in [9.17, 15) is 9.90 Å². The quantitative estimate of drug-likeness (QED) is 0.523. The first-order valence-electron chi connectivity index (χ1n) is 6.68. The van der Waals surface area contributed by atoms with Crippen LogP contribution in [-0.4, -0.2) is 17.0 Å². The van der Waals surface area contributed by atoms with Crippen molar-refractivity contribution >= 4 is 17.6 Å². The predicted molar refractivity (Wildman–Crippen MR) is 82.3 cm³/mol. The Labute approximate surface area is 129 Å². The van der Waals surface area contributed by atoms with Crippen LogP contribution in [0.1, 0.15) is 12.5 Å². The van der Waals surface area contributed by atoms with Gasteiger partial charge < -0.3 is 9.84 Å². The molecule has 1 N–H and O–H groups in total. The lowest BCUT2D eigenvalue weighted by atomic mass is 9.84. The van der Waals surface area contributed by atoms with Crippen LogP contribution >= 0.6 is 11.6 Å². The Kier molecular flexibility index (Phi) is 4.99. The zero-order valence-electron chi connectivity index (χ0n) is 11.7. The predicted octanol–water partition coefficient (Wildman–Crippen LogP) is 3.35. The van der Waals surface area contributed by atoms with Crippen molar-refractivity contribution in [3.05, 3.63) is 66.2 Å². The molecule has 0 heterocycles. The molecule has 0 amide bonds. The van der Waals surface area contributed by atoms with Crippen molar-refractivity contribution in [3.63, 3.8) is 0 Å². The van der Waals surface area contributed by atoms with Crippen molar-refractivity contribution in [1.29, 1.82) is 0 Å². The molecule has 0 aliphatic heterocycles. The Hall–Kier alpha value is -1.84. The third-order valence-corrected chi connectivity index (χ3v) is 3.92. The molecule has 2 rings (SSSR count). The van der Waals surface area contributed by atoms with E-state index in [4.69, 9.17) is 16.3 Å². The number of benzene rings is 2. The summed E-state index contributed by atoms with van der Waals surface area (Å²) in [7, 11) is 0. The molecule has 0 aliphatic carbocycles. The fourth-order valence-corrected chi connectivity index (χ4v) is 2.44. The van der Waals surface area contributed by atoms with E-state index in [1.54, 1.807) is 55.5 Å². The van der Waals surface area contributed by atoms with Crippen molar-refractivity contribution in [2.24, 2.45) is 5.92 Å². The first-order chi connectivity index (χ1) is 10.1. The summed E-state index contributed by atoms with van der Waals surface area (Å²) in [5.41, 5.74) is -0.869. The highest BCUT2D eigenvalue weighted by Gasteiger charge is 2.40. The van der Waals surface area contributed by atoms with Crippen LogP contribution in [0.25, 0.3) is 0 Å². The minimum atomic E-state index is -1.46. The van der Waals surface area contributed by atoms with Gasteiger partial charge in [0.05, 0.1) is 11.8 Å². The molecule has 3 nitrogen and oxygen atoms in total. The number of halogens is 1. The average Bonchev–Trinajstić information content (AvgIpc) is 2.55. The molecule has 2 aromatic carbocycles. The van der Waals surface area contributed by atoms with E-state index >= 15 is 0 Å². The van der Waals surface area contributed by atoms with Gasteiger partial charge in [0.1, 0.15) is 11.4 Å². The Balaban J connectivity index is 2.20. The molecule has 0 radical (unpaired) electrons. The van der Waals surface area contributed by atoms with Crippen LogP contribution in [0.5, 0.6) is 5.75 Å². The van der Waals surface area contributed by atoms with Crippen molar-refractivity contribution in [1.82, 2.24) is 0 Å². The van der Waals surface area contributed by atoms with E-state index in [1.165, 1.54) is 0 Å². The lowest BCUT2D eigenvalue weighted by Gasteiger charge is -2.31. The van der Waals surface area contributed by atoms with Gasteiger partial charge in [0.15, 0.2) is 0 Å². The molecule has 21 heavy (non-hydrogen) atoms. The molecular weight excluding hydrogens is 288 g/mol. The van der Waals surface area contributed by atoms with Gasteiger partial charge in [0.25, 0.3) is 0 Å². The van der Waals surface area contributed by atoms with Crippen molar-refractivity contribution in [2.45, 2.75) is 12.5 Å². The Morgan fingerprint density at radius 1 is 1.14 bits per heavy atom. The maximum atomic E-state index is 12.3. The van der Waals surface area contributed by atoms with Crippen LogP contribution in [-0.2, 0) is 10.4 Å². The lowest BCUT2D eigenvalue weighted by molar-refractivity contribution is -0.147. The molecule has 2 aromatic rings. The molecule has 0 saturated heterocycles. The molecule has 0 spiro atoms. The Morgan fingerprint density at radius 2 is 1.67 bits per heavy atom. The largest absolute Gasteiger partial charge is 0.426 e. The number of hydrogen-bond acceptors (Lipinski definition) is 3. The second kappa shape index (κ2) is 6.74. The van der Waals surface area contributed by atoms with Crippen LogP contribution in [0.2, 0.25) is 0 Å². The lowest BCUT2D eigenvalue weighted by Crippen LogP contribution is -2.41. The smallest absolute Gasteiger partial charge is 0.317 e. The summed E-state index contributed by atoms with van der Waals surface area (Å²) < 4.78 is 5.29. The number of para-hydroxylation sites is 1. The zero-order chi connectivity index (χ0) is 15.3. The van der Waals surface area contributed by atoms with E-state index in [1.807, 2.05) is 12.1 Å². The number of ether oxygens (including phenoxy) is 1. The summed E-state index contributed by atoms with van der Waals surface area (Å²) >= 11 is 5.93. The first kappa shape index (κ1) is 15.5. The average molecular weight is 305 g/mol. The highest BCUT2D eigenvalue weighted by molar-refractivity contribution is 6.18. The summed E-state index contributed by atoms with van der Waals surface area (Å²) in [6.07, 6.45) is 0. The van der Waals surface area contributed by atoms with Crippen molar-refractivity contribution in [2.75, 3.05) is 5.88 Å². The molecule has 0 fully saturated rings. The highest BCUT2D eigenvalue weighted by atomic mass is 35.5. The third-order valence-electron chi connectivity index (χ3n) is 3.51. The number of aliphatic hydroxyl groups is 1. The topological polar surface area (TPSA) is 46.5 Å². The molecular formula is C17H17ClO3. The molecule has 0 bridgehead atoms. The molecule has 0 unspecified atom stereocenters. The highest BCUT2D eigenvalue weighted by Crippen LogP contribution is 2.32. The molecule has 0 aliphatic rings. The van der Waals surface area contributed by atoms with Gasteiger partial charge in [0, 0.05) is 0 Å². The van der Waals surface area contributed by atoms with Gasteiger partial charge in [-0.25, -0.2) is 0 Å². The van der Waals surface area contributed by atoms with Gasteiger partial charge in [-0.05, 0) is 24.6 Å². The van der Waals surface area contributed by atoms with E-state index in [2.05, 4.69) is 0 Å². The van der Waals surface area contributed by atoms with Gasteiger partial charge in [-0.15, -0.1) is 11.6 Å². The maximum Gasteiger partial charge on any atom is 0.317 e. The number of carbonyl (C=O) groups excluding carboxylic acids is 1. The van der Waals surface area contributed by atoms with Gasteiger partial charge in [-0.1, -0.05) is 48.5 Å². The fraction of sp³-hybridized carbons (Fsp3) is 0.235. The molecule has 0 aromatic heterocycles. The van der Waals surface area contributed by atoms with E-state index in [0.717, 1.165) is 0 Å². The summed E-state index contributed by atoms with van der Waals surface area (Å²) in [5.74, 6) is -0.965. The molecule has 4 heteroatoms. The SMILES string of the molecule is C[C@H](C(=O)Oc1ccccc1)[C@](O)(CCl)c1ccccc1. The second-order valence-corrected chi connectivity index (χ2v) is 5.15. The maximum absolute atomic E-state index is 12.3. The van der Waals surface area contributed by atoms with E-state index < -0.39 is 17.5 Å². The number of rotatable bonds is 5. The molecule has 2 atom stereocenters. The standard InChI is InChI=1S/C17H17ClO3/c1-13(16(19)21-15-10-6-3-7-11-15)17(20,12-18)14-8-4-2-5-9-14/h2-11,13,20H,12H2,1H3/t13-,17-/m1/s1. The van der Waals surface area contributed by atoms with Gasteiger partial charge in [0.2, 0.25) is 0 Å². The fourth-order valence-electron chi connectivity index (χ4n) is 2.06. The Bertz CT molecular complexity index is 585. The monoisotopic (exact) mass is 304 g/mol. The summed E-state index contributed by atoms with van der Waals surface area (Å²) in [4.78, 5) is 12.3. The minimum Gasteiger partial charge on any atom is -0.426 e. The first-order valence-corrected chi connectivity index (χ1v) is 7.22. The number of esters is 1. The zero-order valence-corrected chi connectivity index (χ0v) is 12.5. The number of alkyl halides is 1. The van der Waals surface area contributed by atoms with Crippen LogP contribution < -0.4 is 4.74 Å². The van der Waals surface area contributed by atoms with Crippen molar-refractivity contribution < 1.29 is 14.6 Å². The van der Waals surface area contributed by atoms with Gasteiger partial charge in [-0.2, -0.15) is 0 Å². The Morgan fingerprint density at radius 3 is 2.19 bits per heavy atom. The normalized spacial score (nSPS) is 15.0. The summed E-state index contributed by atoms with van der Waals surface area (Å²) in [5, 5.41) is 10.8. The number of hydrogen-bond donors (Lipinski definition) is 1. The van der Waals surface area contributed by atoms with E-state index in [-0.39, 0.29) is 5.88 Å². The van der Waals surface area contributed by atoms with Crippen LogP contribution in [0.15, 0.2) is 60.7 Å². The van der Waals surface area contributed by atoms with Crippen LogP contribution in [0, 0.1) is 5.92 Å². The third kappa shape index (κ3) is 3.43. The summed E-state index contributed by atoms with van der Waals surface area (Å²) in [6, 6.07) is 17.7. The number of carbonyl (C=O) groups is 1. The second-order valence-electron chi connectivity index (χ2n) is 4.88. The van der Waals surface area contributed by atoms with Crippen LogP contribution in [0.4, 0.5) is 0 Å². The molecule has 110 valence electrons. The van der Waals surface area contributed by atoms with Gasteiger partial charge in [-0.3, -0.25) is 4.79 Å². The van der Waals surface area contributed by atoms with Gasteiger partial charge >= 0.3 is 5.97 Å². The summed E-state index contributed by atoms with van der Waals surface area (Å²) in [6.45, 7) is 1.61. The minimum absolute atomic E-state index is 0.0952. The van der Waals surface area contributed by atoms with Crippen LogP contribution in [0.3, 0.4) is 0 Å².